The number of hydrogen-bond donors (Lipinski definition) is 1. The minimum Gasteiger partial charge on any atom is -0.494 e. The summed E-state index contributed by atoms with van der Waals surface area (Å²) < 4.78 is 5.82. The second-order valence-electron chi connectivity index (χ2n) is 5.67. The Balaban J connectivity index is 1.45. The summed E-state index contributed by atoms with van der Waals surface area (Å²) in [4.78, 5) is 2.52. The van der Waals surface area contributed by atoms with E-state index in [4.69, 9.17) is 4.74 Å². The van der Waals surface area contributed by atoms with Gasteiger partial charge in [-0.05, 0) is 68.5 Å². The summed E-state index contributed by atoms with van der Waals surface area (Å²) in [6.45, 7) is 4.47. The highest BCUT2D eigenvalue weighted by atomic mass is 16.5. The third-order valence-corrected chi connectivity index (χ3v) is 4.25. The van der Waals surface area contributed by atoms with E-state index in [0.29, 0.717) is 0 Å². The van der Waals surface area contributed by atoms with Crippen molar-refractivity contribution in [3.05, 3.63) is 29.3 Å². The molecule has 104 valence electrons. The van der Waals surface area contributed by atoms with Crippen molar-refractivity contribution in [3.8, 4) is 5.75 Å². The van der Waals surface area contributed by atoms with Crippen molar-refractivity contribution < 1.29 is 9.84 Å². The molecule has 2 aliphatic rings. The SMILES string of the molecule is O[C@H]1CCc2cc(OCCCN3CCCC3)ccc21. The average molecular weight is 261 g/mol. The molecule has 1 N–H and O–H groups in total. The normalized spacial score (nSPS) is 22.7. The van der Waals surface area contributed by atoms with Gasteiger partial charge in [-0.2, -0.15) is 0 Å². The van der Waals surface area contributed by atoms with Crippen LogP contribution in [0.25, 0.3) is 0 Å². The van der Waals surface area contributed by atoms with Crippen LogP contribution in [0.5, 0.6) is 5.75 Å². The van der Waals surface area contributed by atoms with Crippen molar-refractivity contribution in [2.45, 2.75) is 38.2 Å². The van der Waals surface area contributed by atoms with Crippen molar-refractivity contribution in [2.24, 2.45) is 0 Å². The van der Waals surface area contributed by atoms with E-state index >= 15 is 0 Å². The van der Waals surface area contributed by atoms with Gasteiger partial charge >= 0.3 is 0 Å². The van der Waals surface area contributed by atoms with Gasteiger partial charge < -0.3 is 14.7 Å². The van der Waals surface area contributed by atoms with Gasteiger partial charge in [0.1, 0.15) is 5.75 Å². The highest BCUT2D eigenvalue weighted by Gasteiger charge is 2.20. The number of benzene rings is 1. The maximum atomic E-state index is 9.76. The van der Waals surface area contributed by atoms with Gasteiger partial charge in [0.2, 0.25) is 0 Å². The highest BCUT2D eigenvalue weighted by molar-refractivity contribution is 5.39. The van der Waals surface area contributed by atoms with Gasteiger partial charge in [0.25, 0.3) is 0 Å². The molecule has 3 heteroatoms. The summed E-state index contributed by atoms with van der Waals surface area (Å²) in [5.74, 6) is 0.953. The Morgan fingerprint density at radius 3 is 2.95 bits per heavy atom. The number of rotatable bonds is 5. The average Bonchev–Trinajstić information content (AvgIpc) is 3.05. The number of nitrogens with zero attached hydrogens (tertiary/aromatic N) is 1. The Morgan fingerprint density at radius 1 is 1.26 bits per heavy atom. The summed E-state index contributed by atoms with van der Waals surface area (Å²) in [5.41, 5.74) is 2.34. The first-order chi connectivity index (χ1) is 9.33. The number of ether oxygens (including phenoxy) is 1. The molecule has 1 aromatic carbocycles. The van der Waals surface area contributed by atoms with Crippen molar-refractivity contribution in [2.75, 3.05) is 26.2 Å². The lowest BCUT2D eigenvalue weighted by molar-refractivity contribution is 0.180. The maximum Gasteiger partial charge on any atom is 0.119 e. The van der Waals surface area contributed by atoms with Crippen LogP contribution in [0.3, 0.4) is 0 Å². The lowest BCUT2D eigenvalue weighted by Gasteiger charge is -2.14. The minimum atomic E-state index is -0.265. The quantitative estimate of drug-likeness (QED) is 0.827. The number of fused-ring (bicyclic) bond motifs is 1. The predicted molar refractivity (Wildman–Crippen MR) is 75.5 cm³/mol. The van der Waals surface area contributed by atoms with Gasteiger partial charge in [0, 0.05) is 6.54 Å². The zero-order valence-corrected chi connectivity index (χ0v) is 11.5. The fraction of sp³-hybridized carbons (Fsp3) is 0.625. The number of aliphatic hydroxyl groups is 1. The van der Waals surface area contributed by atoms with E-state index in [1.807, 2.05) is 12.1 Å². The second kappa shape index (κ2) is 5.93. The molecule has 1 heterocycles. The number of aryl methyl sites for hydroxylation is 1. The van der Waals surface area contributed by atoms with Crippen LogP contribution in [-0.4, -0.2) is 36.2 Å². The van der Waals surface area contributed by atoms with Crippen LogP contribution < -0.4 is 4.74 Å². The Hall–Kier alpha value is -1.06. The zero-order chi connectivity index (χ0) is 13.1. The van der Waals surface area contributed by atoms with E-state index in [9.17, 15) is 5.11 Å². The Labute approximate surface area is 115 Å². The van der Waals surface area contributed by atoms with Gasteiger partial charge in [-0.25, -0.2) is 0 Å². The van der Waals surface area contributed by atoms with Gasteiger partial charge in [-0.1, -0.05) is 6.07 Å². The summed E-state index contributed by atoms with van der Waals surface area (Å²) >= 11 is 0. The van der Waals surface area contributed by atoms with E-state index in [2.05, 4.69) is 11.0 Å². The van der Waals surface area contributed by atoms with E-state index in [1.165, 1.54) is 31.5 Å². The smallest absolute Gasteiger partial charge is 0.119 e. The molecule has 3 rings (SSSR count). The van der Waals surface area contributed by atoms with Crippen molar-refractivity contribution in [1.29, 1.82) is 0 Å². The van der Waals surface area contributed by atoms with E-state index in [1.54, 1.807) is 0 Å². The largest absolute Gasteiger partial charge is 0.494 e. The lowest BCUT2D eigenvalue weighted by Crippen LogP contribution is -2.21. The molecule has 0 unspecified atom stereocenters. The topological polar surface area (TPSA) is 32.7 Å². The van der Waals surface area contributed by atoms with Crippen LogP contribution in [0.1, 0.15) is 42.9 Å². The fourth-order valence-electron chi connectivity index (χ4n) is 3.15. The number of likely N-dealkylation sites (tertiary alicyclic amines) is 1. The molecule has 19 heavy (non-hydrogen) atoms. The second-order valence-corrected chi connectivity index (χ2v) is 5.67. The van der Waals surface area contributed by atoms with E-state index in [0.717, 1.165) is 43.7 Å². The maximum absolute atomic E-state index is 9.76. The molecule has 0 saturated carbocycles. The van der Waals surface area contributed by atoms with Gasteiger partial charge in [-0.15, -0.1) is 0 Å². The molecule has 1 saturated heterocycles. The minimum absolute atomic E-state index is 0.265. The number of hydrogen-bond acceptors (Lipinski definition) is 3. The molecule has 1 aliphatic heterocycles. The van der Waals surface area contributed by atoms with Gasteiger partial charge in [0.05, 0.1) is 12.7 Å². The standard InChI is InChI=1S/C16H23NO2/c18-16-7-4-13-12-14(5-6-15(13)16)19-11-3-10-17-8-1-2-9-17/h5-6,12,16,18H,1-4,7-11H2/t16-/m0/s1. The summed E-state index contributed by atoms with van der Waals surface area (Å²) in [6, 6.07) is 6.10. The summed E-state index contributed by atoms with van der Waals surface area (Å²) in [6.07, 6.45) is 5.37. The molecule has 0 bridgehead atoms. The van der Waals surface area contributed by atoms with Crippen molar-refractivity contribution in [1.82, 2.24) is 4.90 Å². The molecule has 1 aromatic rings. The first-order valence-corrected chi connectivity index (χ1v) is 7.49. The highest BCUT2D eigenvalue weighted by Crippen LogP contribution is 2.33. The van der Waals surface area contributed by atoms with Crippen LogP contribution in [0.4, 0.5) is 0 Å². The molecule has 0 aromatic heterocycles. The first kappa shape index (κ1) is 12.9. The van der Waals surface area contributed by atoms with E-state index < -0.39 is 0 Å². The zero-order valence-electron chi connectivity index (χ0n) is 11.5. The predicted octanol–water partition coefficient (Wildman–Crippen LogP) is 2.53. The number of aliphatic hydroxyl groups excluding tert-OH is 1. The van der Waals surface area contributed by atoms with Crippen LogP contribution in [0.2, 0.25) is 0 Å². The van der Waals surface area contributed by atoms with Crippen LogP contribution in [0.15, 0.2) is 18.2 Å². The van der Waals surface area contributed by atoms with Crippen LogP contribution in [-0.2, 0) is 6.42 Å². The monoisotopic (exact) mass is 261 g/mol. The summed E-state index contributed by atoms with van der Waals surface area (Å²) in [7, 11) is 0. The van der Waals surface area contributed by atoms with Crippen LogP contribution in [0, 0.1) is 0 Å². The Kier molecular flexibility index (Phi) is 4.04. The molecule has 0 amide bonds. The molecule has 0 radical (unpaired) electrons. The fourth-order valence-corrected chi connectivity index (χ4v) is 3.15. The van der Waals surface area contributed by atoms with Crippen molar-refractivity contribution >= 4 is 0 Å². The summed E-state index contributed by atoms with van der Waals surface area (Å²) in [5, 5.41) is 9.76. The van der Waals surface area contributed by atoms with Gasteiger partial charge in [-0.3, -0.25) is 0 Å². The third-order valence-electron chi connectivity index (χ3n) is 4.25. The molecule has 1 atom stereocenters. The lowest BCUT2D eigenvalue weighted by atomic mass is 10.1. The molecular weight excluding hydrogens is 238 g/mol. The Morgan fingerprint density at radius 2 is 2.11 bits per heavy atom. The third kappa shape index (κ3) is 3.10. The Bertz CT molecular complexity index is 427. The first-order valence-electron chi connectivity index (χ1n) is 7.49. The van der Waals surface area contributed by atoms with Crippen molar-refractivity contribution in [3.63, 3.8) is 0 Å². The molecule has 1 fully saturated rings. The molecule has 3 nitrogen and oxygen atoms in total. The molecule has 0 spiro atoms. The molecular formula is C16H23NO2. The molecule has 1 aliphatic carbocycles. The van der Waals surface area contributed by atoms with Crippen LogP contribution >= 0.6 is 0 Å². The van der Waals surface area contributed by atoms with Gasteiger partial charge in [0.15, 0.2) is 0 Å². The van der Waals surface area contributed by atoms with E-state index in [-0.39, 0.29) is 6.10 Å².